The lowest BCUT2D eigenvalue weighted by Gasteiger charge is -2.26. The molecule has 0 atom stereocenters. The van der Waals surface area contributed by atoms with E-state index < -0.39 is 5.91 Å². The van der Waals surface area contributed by atoms with Crippen molar-refractivity contribution >= 4 is 34.0 Å². The number of hydrogen-bond donors (Lipinski definition) is 2. The Morgan fingerprint density at radius 3 is 2.50 bits per heavy atom. The molecule has 5 heteroatoms. The Morgan fingerprint density at radius 1 is 1.03 bits per heavy atom. The summed E-state index contributed by atoms with van der Waals surface area (Å²) in [5.41, 5.74) is 12.7. The number of nitrogens with one attached hydrogen (secondary N) is 1. The van der Waals surface area contributed by atoms with Crippen molar-refractivity contribution < 1.29 is 4.79 Å². The minimum absolute atomic E-state index is 0.439. The van der Waals surface area contributed by atoms with E-state index >= 15 is 0 Å². The van der Waals surface area contributed by atoms with Crippen LogP contribution in [0.3, 0.4) is 0 Å². The monoisotopic (exact) mass is 441 g/mol. The SMILES string of the molecule is NC(=O)c1cc(-c2ccc(Cl)cc2)cc2c(C3=CCN(Cc4ccccc4)CC3)c[nH]c12. The topological polar surface area (TPSA) is 62.1 Å². The molecule has 0 saturated carbocycles. The van der Waals surface area contributed by atoms with Gasteiger partial charge in [0.05, 0.1) is 11.1 Å². The van der Waals surface area contributed by atoms with Crippen LogP contribution in [0.5, 0.6) is 0 Å². The summed E-state index contributed by atoms with van der Waals surface area (Å²) < 4.78 is 0. The van der Waals surface area contributed by atoms with Gasteiger partial charge in [-0.25, -0.2) is 0 Å². The zero-order valence-corrected chi connectivity index (χ0v) is 18.4. The van der Waals surface area contributed by atoms with Gasteiger partial charge in [-0.15, -0.1) is 0 Å². The quantitative estimate of drug-likeness (QED) is 0.406. The van der Waals surface area contributed by atoms with Crippen LogP contribution in [0, 0.1) is 0 Å². The molecule has 1 aliphatic rings. The van der Waals surface area contributed by atoms with Crippen molar-refractivity contribution in [1.29, 1.82) is 0 Å². The van der Waals surface area contributed by atoms with Gasteiger partial charge in [0.25, 0.3) is 5.91 Å². The zero-order chi connectivity index (χ0) is 22.1. The fraction of sp³-hybridized carbons (Fsp3) is 0.148. The molecule has 32 heavy (non-hydrogen) atoms. The van der Waals surface area contributed by atoms with Gasteiger partial charge in [0.15, 0.2) is 0 Å². The van der Waals surface area contributed by atoms with Gasteiger partial charge in [-0.2, -0.15) is 0 Å². The van der Waals surface area contributed by atoms with Gasteiger partial charge in [-0.05, 0) is 52.9 Å². The van der Waals surface area contributed by atoms with Crippen molar-refractivity contribution in [3.63, 3.8) is 0 Å². The van der Waals surface area contributed by atoms with E-state index in [2.05, 4.69) is 46.3 Å². The largest absolute Gasteiger partial charge is 0.366 e. The normalized spacial score (nSPS) is 14.5. The summed E-state index contributed by atoms with van der Waals surface area (Å²) in [5.74, 6) is -0.439. The van der Waals surface area contributed by atoms with Crippen LogP contribution < -0.4 is 5.73 Å². The first-order valence-corrected chi connectivity index (χ1v) is 11.1. The fourth-order valence-corrected chi connectivity index (χ4v) is 4.57. The van der Waals surface area contributed by atoms with Crippen LogP contribution in [-0.4, -0.2) is 28.9 Å². The van der Waals surface area contributed by atoms with Crippen LogP contribution in [0.4, 0.5) is 0 Å². The molecule has 1 amide bonds. The van der Waals surface area contributed by atoms with Gasteiger partial charge in [0, 0.05) is 41.8 Å². The maximum absolute atomic E-state index is 12.2. The number of halogens is 1. The van der Waals surface area contributed by atoms with Gasteiger partial charge in [-0.1, -0.05) is 60.1 Å². The molecule has 0 aliphatic carbocycles. The predicted molar refractivity (Wildman–Crippen MR) is 132 cm³/mol. The van der Waals surface area contributed by atoms with Crippen LogP contribution in [0.25, 0.3) is 27.6 Å². The lowest BCUT2D eigenvalue weighted by atomic mass is 9.94. The van der Waals surface area contributed by atoms with E-state index in [0.29, 0.717) is 10.6 Å². The number of primary amides is 1. The molecule has 3 aromatic carbocycles. The molecular weight excluding hydrogens is 418 g/mol. The smallest absolute Gasteiger partial charge is 0.250 e. The third kappa shape index (κ3) is 4.07. The number of aromatic amines is 1. The molecule has 0 saturated heterocycles. The molecular formula is C27H24ClN3O. The maximum atomic E-state index is 12.2. The number of nitrogens with two attached hydrogens (primary N) is 1. The van der Waals surface area contributed by atoms with Crippen LogP contribution >= 0.6 is 11.6 Å². The predicted octanol–water partition coefficient (Wildman–Crippen LogP) is 5.88. The number of carbonyl (C=O) groups excluding carboxylic acids is 1. The second kappa shape index (κ2) is 8.65. The zero-order valence-electron chi connectivity index (χ0n) is 17.6. The Hall–Kier alpha value is -3.34. The molecule has 4 nitrogen and oxygen atoms in total. The summed E-state index contributed by atoms with van der Waals surface area (Å²) in [6.07, 6.45) is 5.26. The minimum Gasteiger partial charge on any atom is -0.366 e. The van der Waals surface area contributed by atoms with Gasteiger partial charge < -0.3 is 10.7 Å². The highest BCUT2D eigenvalue weighted by Gasteiger charge is 2.19. The third-order valence-electron chi connectivity index (χ3n) is 6.12. The van der Waals surface area contributed by atoms with E-state index in [9.17, 15) is 4.79 Å². The van der Waals surface area contributed by atoms with Crippen LogP contribution in [-0.2, 0) is 6.54 Å². The number of hydrogen-bond acceptors (Lipinski definition) is 2. The van der Waals surface area contributed by atoms with Crippen molar-refractivity contribution in [2.45, 2.75) is 13.0 Å². The number of carbonyl (C=O) groups is 1. The van der Waals surface area contributed by atoms with Crippen molar-refractivity contribution in [1.82, 2.24) is 9.88 Å². The molecule has 0 fully saturated rings. The number of amides is 1. The number of nitrogens with zero attached hydrogens (tertiary/aromatic N) is 1. The van der Waals surface area contributed by atoms with Gasteiger partial charge in [-0.3, -0.25) is 9.69 Å². The highest BCUT2D eigenvalue weighted by molar-refractivity contribution is 6.30. The van der Waals surface area contributed by atoms with E-state index in [1.54, 1.807) is 0 Å². The lowest BCUT2D eigenvalue weighted by Crippen LogP contribution is -2.27. The Balaban J connectivity index is 1.49. The second-order valence-corrected chi connectivity index (χ2v) is 8.66. The Kier molecular flexibility index (Phi) is 5.56. The fourth-order valence-electron chi connectivity index (χ4n) is 4.44. The summed E-state index contributed by atoms with van der Waals surface area (Å²) in [6.45, 7) is 2.84. The summed E-state index contributed by atoms with van der Waals surface area (Å²) in [6, 6.07) is 22.2. The summed E-state index contributed by atoms with van der Waals surface area (Å²) in [4.78, 5) is 18.0. The molecule has 0 radical (unpaired) electrons. The molecule has 1 aliphatic heterocycles. The van der Waals surface area contributed by atoms with Gasteiger partial charge in [0.2, 0.25) is 0 Å². The standard InChI is InChI=1S/C27H24ClN3O/c28-22-8-6-19(7-9-22)21-14-23-25(16-30-26(23)24(15-21)27(29)32)20-10-12-31(13-11-20)17-18-4-2-1-3-5-18/h1-10,14-16,30H,11-13,17H2,(H2,29,32). The Morgan fingerprint density at radius 2 is 1.81 bits per heavy atom. The van der Waals surface area contributed by atoms with Gasteiger partial charge in [0.1, 0.15) is 0 Å². The number of benzene rings is 3. The van der Waals surface area contributed by atoms with E-state index in [1.165, 1.54) is 11.1 Å². The molecule has 3 N–H and O–H groups in total. The van der Waals surface area contributed by atoms with E-state index in [1.807, 2.05) is 42.6 Å². The first-order valence-electron chi connectivity index (χ1n) is 10.7. The summed E-state index contributed by atoms with van der Waals surface area (Å²) in [5, 5.41) is 1.70. The lowest BCUT2D eigenvalue weighted by molar-refractivity contribution is 0.100. The van der Waals surface area contributed by atoms with Crippen LogP contribution in [0.15, 0.2) is 79.0 Å². The molecule has 0 unspecified atom stereocenters. The highest BCUT2D eigenvalue weighted by Crippen LogP contribution is 2.35. The van der Waals surface area contributed by atoms with Crippen LogP contribution in [0.1, 0.15) is 27.9 Å². The molecule has 2 heterocycles. The molecule has 5 rings (SSSR count). The first-order chi connectivity index (χ1) is 15.6. The average molecular weight is 442 g/mol. The van der Waals surface area contributed by atoms with Gasteiger partial charge >= 0.3 is 0 Å². The van der Waals surface area contributed by atoms with E-state index in [-0.39, 0.29) is 0 Å². The molecule has 0 spiro atoms. The summed E-state index contributed by atoms with van der Waals surface area (Å²) in [7, 11) is 0. The summed E-state index contributed by atoms with van der Waals surface area (Å²) >= 11 is 6.06. The van der Waals surface area contributed by atoms with Crippen molar-refractivity contribution in [2.24, 2.45) is 5.73 Å². The van der Waals surface area contributed by atoms with Crippen LogP contribution in [0.2, 0.25) is 5.02 Å². The molecule has 0 bridgehead atoms. The maximum Gasteiger partial charge on any atom is 0.250 e. The van der Waals surface area contributed by atoms with Crippen molar-refractivity contribution in [3.8, 4) is 11.1 Å². The Labute approximate surface area is 192 Å². The van der Waals surface area contributed by atoms with Crippen molar-refractivity contribution in [3.05, 3.63) is 101 Å². The van der Waals surface area contributed by atoms with E-state index in [4.69, 9.17) is 17.3 Å². The molecule has 160 valence electrons. The molecule has 1 aromatic heterocycles. The molecule has 4 aromatic rings. The minimum atomic E-state index is -0.439. The second-order valence-electron chi connectivity index (χ2n) is 8.22. The Bertz CT molecular complexity index is 1310. The number of H-pyrrole nitrogens is 1. The van der Waals surface area contributed by atoms with Crippen molar-refractivity contribution in [2.75, 3.05) is 13.1 Å². The number of rotatable bonds is 5. The third-order valence-corrected chi connectivity index (χ3v) is 6.37. The first kappa shape index (κ1) is 20.6. The highest BCUT2D eigenvalue weighted by atomic mass is 35.5. The average Bonchev–Trinajstić information content (AvgIpc) is 3.24. The number of aromatic nitrogens is 1. The number of fused-ring (bicyclic) bond motifs is 1. The van der Waals surface area contributed by atoms with E-state index in [0.717, 1.165) is 53.6 Å².